The van der Waals surface area contributed by atoms with E-state index < -0.39 is 0 Å². The third kappa shape index (κ3) is 3.49. The molecule has 1 amide bonds. The van der Waals surface area contributed by atoms with Crippen LogP contribution in [0.2, 0.25) is 0 Å². The summed E-state index contributed by atoms with van der Waals surface area (Å²) in [5, 5.41) is 0. The van der Waals surface area contributed by atoms with Crippen molar-refractivity contribution in [2.45, 2.75) is 31.6 Å². The number of amides is 1. The Kier molecular flexibility index (Phi) is 4.98. The zero-order valence-electron chi connectivity index (χ0n) is 12.0. The minimum absolute atomic E-state index is 0.0248. The highest BCUT2D eigenvalue weighted by molar-refractivity contribution is 5.81. The molecule has 0 aliphatic carbocycles. The molecule has 5 heteroatoms. The van der Waals surface area contributed by atoms with Crippen molar-refractivity contribution >= 4 is 5.91 Å². The Bertz CT molecular complexity index is 447. The van der Waals surface area contributed by atoms with Gasteiger partial charge in [-0.2, -0.15) is 0 Å². The van der Waals surface area contributed by atoms with E-state index in [1.807, 2.05) is 24.3 Å². The van der Waals surface area contributed by atoms with E-state index in [2.05, 4.69) is 0 Å². The normalized spacial score (nSPS) is 21.8. The Morgan fingerprint density at radius 2 is 2.10 bits per heavy atom. The molecule has 1 heterocycles. The lowest BCUT2D eigenvalue weighted by atomic mass is 10.1. The Morgan fingerprint density at radius 1 is 1.40 bits per heavy atom. The average Bonchev–Trinajstić information content (AvgIpc) is 2.96. The molecular formula is C15H22N2O3. The first-order valence-electron chi connectivity index (χ1n) is 6.87. The molecule has 2 rings (SSSR count). The van der Waals surface area contributed by atoms with Crippen molar-refractivity contribution in [1.82, 2.24) is 4.90 Å². The first-order chi connectivity index (χ1) is 9.63. The molecule has 0 aromatic heterocycles. The van der Waals surface area contributed by atoms with Gasteiger partial charge in [0, 0.05) is 20.1 Å². The Hall–Kier alpha value is -1.59. The van der Waals surface area contributed by atoms with Gasteiger partial charge in [0.05, 0.1) is 13.2 Å². The lowest BCUT2D eigenvalue weighted by Gasteiger charge is -2.21. The van der Waals surface area contributed by atoms with E-state index in [9.17, 15) is 4.79 Å². The van der Waals surface area contributed by atoms with Gasteiger partial charge in [0.15, 0.2) is 0 Å². The van der Waals surface area contributed by atoms with E-state index in [1.165, 1.54) is 0 Å². The predicted molar refractivity (Wildman–Crippen MR) is 76.4 cm³/mol. The molecule has 2 atom stereocenters. The summed E-state index contributed by atoms with van der Waals surface area (Å²) in [6.45, 7) is 1.04. The van der Waals surface area contributed by atoms with Gasteiger partial charge < -0.3 is 20.1 Å². The van der Waals surface area contributed by atoms with Crippen LogP contribution in [0.15, 0.2) is 24.3 Å². The maximum atomic E-state index is 12.3. The number of nitrogens with zero attached hydrogens (tertiary/aromatic N) is 1. The van der Waals surface area contributed by atoms with Gasteiger partial charge in [-0.25, -0.2) is 0 Å². The van der Waals surface area contributed by atoms with Gasteiger partial charge in [-0.1, -0.05) is 12.1 Å². The van der Waals surface area contributed by atoms with E-state index in [0.717, 1.165) is 24.2 Å². The van der Waals surface area contributed by atoms with Crippen LogP contribution in [0.3, 0.4) is 0 Å². The summed E-state index contributed by atoms with van der Waals surface area (Å²) in [4.78, 5) is 14.0. The number of likely N-dealkylation sites (N-methyl/N-ethyl adjacent to an activating group) is 1. The van der Waals surface area contributed by atoms with Crippen LogP contribution in [-0.2, 0) is 16.1 Å². The van der Waals surface area contributed by atoms with Crippen LogP contribution < -0.4 is 10.5 Å². The molecular weight excluding hydrogens is 256 g/mol. The highest BCUT2D eigenvalue weighted by atomic mass is 16.5. The SMILES string of the molecule is COc1ccc(CN(C)C(=O)C2CCC(CN)O2)cc1. The fourth-order valence-electron chi connectivity index (χ4n) is 2.39. The first-order valence-corrected chi connectivity index (χ1v) is 6.87. The number of benzene rings is 1. The predicted octanol–water partition coefficient (Wildman–Crippen LogP) is 1.16. The molecule has 1 aliphatic rings. The quantitative estimate of drug-likeness (QED) is 0.878. The third-order valence-electron chi connectivity index (χ3n) is 3.60. The molecule has 0 saturated carbocycles. The van der Waals surface area contributed by atoms with Gasteiger partial charge in [0.1, 0.15) is 11.9 Å². The zero-order chi connectivity index (χ0) is 14.5. The summed E-state index contributed by atoms with van der Waals surface area (Å²) in [5.41, 5.74) is 6.63. The summed E-state index contributed by atoms with van der Waals surface area (Å²) < 4.78 is 10.7. The second-order valence-electron chi connectivity index (χ2n) is 5.10. The van der Waals surface area contributed by atoms with Gasteiger partial charge in [-0.3, -0.25) is 4.79 Å². The number of hydrogen-bond acceptors (Lipinski definition) is 4. The topological polar surface area (TPSA) is 64.8 Å². The summed E-state index contributed by atoms with van der Waals surface area (Å²) in [5.74, 6) is 0.837. The van der Waals surface area contributed by atoms with Crippen molar-refractivity contribution in [2.24, 2.45) is 5.73 Å². The van der Waals surface area contributed by atoms with Crippen molar-refractivity contribution in [1.29, 1.82) is 0 Å². The van der Waals surface area contributed by atoms with Gasteiger partial charge in [0.25, 0.3) is 5.91 Å². The molecule has 0 bridgehead atoms. The van der Waals surface area contributed by atoms with Crippen LogP contribution >= 0.6 is 0 Å². The van der Waals surface area contributed by atoms with E-state index in [0.29, 0.717) is 13.1 Å². The molecule has 1 aliphatic heterocycles. The Morgan fingerprint density at radius 3 is 2.65 bits per heavy atom. The van der Waals surface area contributed by atoms with Crippen LogP contribution in [0.5, 0.6) is 5.75 Å². The average molecular weight is 278 g/mol. The summed E-state index contributed by atoms with van der Waals surface area (Å²) in [6, 6.07) is 7.70. The molecule has 1 aromatic rings. The number of hydrogen-bond donors (Lipinski definition) is 1. The zero-order valence-corrected chi connectivity index (χ0v) is 12.0. The largest absolute Gasteiger partial charge is 0.497 e. The van der Waals surface area contributed by atoms with E-state index in [1.54, 1.807) is 19.1 Å². The number of carbonyl (C=O) groups excluding carboxylic acids is 1. The molecule has 2 unspecified atom stereocenters. The molecule has 5 nitrogen and oxygen atoms in total. The number of ether oxygens (including phenoxy) is 2. The highest BCUT2D eigenvalue weighted by Gasteiger charge is 2.31. The standard InChI is InChI=1S/C15H22N2O3/c1-17(10-11-3-5-12(19-2)6-4-11)15(18)14-8-7-13(9-16)20-14/h3-6,13-14H,7-10,16H2,1-2H3. The van der Waals surface area contributed by atoms with Crippen LogP contribution in [0.1, 0.15) is 18.4 Å². The molecule has 110 valence electrons. The summed E-state index contributed by atoms with van der Waals surface area (Å²) in [6.07, 6.45) is 1.31. The van der Waals surface area contributed by atoms with Crippen molar-refractivity contribution in [3.05, 3.63) is 29.8 Å². The maximum Gasteiger partial charge on any atom is 0.251 e. The number of rotatable bonds is 5. The van der Waals surface area contributed by atoms with Crippen LogP contribution in [0.4, 0.5) is 0 Å². The van der Waals surface area contributed by atoms with Crippen molar-refractivity contribution < 1.29 is 14.3 Å². The van der Waals surface area contributed by atoms with E-state index >= 15 is 0 Å². The van der Waals surface area contributed by atoms with Gasteiger partial charge in [-0.15, -0.1) is 0 Å². The number of methoxy groups -OCH3 is 1. The van der Waals surface area contributed by atoms with Crippen LogP contribution in [-0.4, -0.2) is 43.7 Å². The molecule has 0 radical (unpaired) electrons. The minimum atomic E-state index is -0.341. The fraction of sp³-hybridized carbons (Fsp3) is 0.533. The monoisotopic (exact) mass is 278 g/mol. The molecule has 0 spiro atoms. The number of nitrogens with two attached hydrogens (primary N) is 1. The maximum absolute atomic E-state index is 12.3. The first kappa shape index (κ1) is 14.8. The second kappa shape index (κ2) is 6.72. The van der Waals surface area contributed by atoms with Crippen LogP contribution in [0, 0.1) is 0 Å². The fourth-order valence-corrected chi connectivity index (χ4v) is 2.39. The lowest BCUT2D eigenvalue weighted by Crippen LogP contribution is -2.36. The van der Waals surface area contributed by atoms with Crippen molar-refractivity contribution in [3.8, 4) is 5.75 Å². The van der Waals surface area contributed by atoms with Gasteiger partial charge in [-0.05, 0) is 30.5 Å². The van der Waals surface area contributed by atoms with Gasteiger partial charge in [0.2, 0.25) is 0 Å². The van der Waals surface area contributed by atoms with E-state index in [-0.39, 0.29) is 18.1 Å². The van der Waals surface area contributed by atoms with Gasteiger partial charge >= 0.3 is 0 Å². The Balaban J connectivity index is 1.90. The lowest BCUT2D eigenvalue weighted by molar-refractivity contribution is -0.141. The highest BCUT2D eigenvalue weighted by Crippen LogP contribution is 2.21. The molecule has 1 fully saturated rings. The number of carbonyl (C=O) groups is 1. The van der Waals surface area contributed by atoms with E-state index in [4.69, 9.17) is 15.2 Å². The molecule has 1 saturated heterocycles. The minimum Gasteiger partial charge on any atom is -0.497 e. The molecule has 2 N–H and O–H groups in total. The third-order valence-corrected chi connectivity index (χ3v) is 3.60. The second-order valence-corrected chi connectivity index (χ2v) is 5.10. The Labute approximate surface area is 119 Å². The van der Waals surface area contributed by atoms with Crippen molar-refractivity contribution in [2.75, 3.05) is 20.7 Å². The smallest absolute Gasteiger partial charge is 0.251 e. The van der Waals surface area contributed by atoms with Crippen LogP contribution in [0.25, 0.3) is 0 Å². The summed E-state index contributed by atoms with van der Waals surface area (Å²) in [7, 11) is 3.43. The summed E-state index contributed by atoms with van der Waals surface area (Å²) >= 11 is 0. The van der Waals surface area contributed by atoms with Crippen molar-refractivity contribution in [3.63, 3.8) is 0 Å². The molecule has 1 aromatic carbocycles. The molecule has 20 heavy (non-hydrogen) atoms.